The number of piperidine rings is 1. The summed E-state index contributed by atoms with van der Waals surface area (Å²) in [5.74, 6) is 2.32. The number of amides is 1. The van der Waals surface area contributed by atoms with Crippen molar-refractivity contribution in [3.63, 3.8) is 0 Å². The number of aryl methyl sites for hydroxylation is 1. The average Bonchev–Trinajstić information content (AvgIpc) is 2.97. The van der Waals surface area contributed by atoms with Crippen LogP contribution in [0.2, 0.25) is 0 Å². The number of nitrogens with one attached hydrogen (secondary N) is 1. The highest BCUT2D eigenvalue weighted by molar-refractivity contribution is 5.76. The van der Waals surface area contributed by atoms with Crippen LogP contribution in [0.1, 0.15) is 58.2 Å². The molecule has 1 aliphatic heterocycles. The van der Waals surface area contributed by atoms with Crippen molar-refractivity contribution >= 4 is 5.91 Å². The number of carbonyl (C=O) groups is 1. The topological polar surface area (TPSA) is 71.3 Å². The Morgan fingerprint density at radius 1 is 1.35 bits per heavy atom. The number of rotatable bonds is 6. The first-order chi connectivity index (χ1) is 10.9. The first-order valence-corrected chi connectivity index (χ1v) is 8.65. The predicted molar refractivity (Wildman–Crippen MR) is 89.2 cm³/mol. The fourth-order valence-corrected chi connectivity index (χ4v) is 2.89. The summed E-state index contributed by atoms with van der Waals surface area (Å²) in [6.07, 6.45) is 4.20. The second-order valence-corrected chi connectivity index (χ2v) is 7.50. The lowest BCUT2D eigenvalue weighted by Crippen LogP contribution is -2.40. The molecule has 1 aliphatic rings. The molecule has 0 radical (unpaired) electrons. The normalized spacial score (nSPS) is 16.8. The molecule has 0 atom stereocenters. The molecular formula is C17H30N4O2. The van der Waals surface area contributed by atoms with Gasteiger partial charge in [-0.25, -0.2) is 0 Å². The number of aromatic nitrogens is 2. The Morgan fingerprint density at radius 2 is 2.04 bits per heavy atom. The molecular weight excluding hydrogens is 292 g/mol. The van der Waals surface area contributed by atoms with Crippen molar-refractivity contribution in [3.05, 3.63) is 11.7 Å². The number of hydrogen-bond donors (Lipinski definition) is 1. The SMILES string of the molecule is CNCC1CCN(C(=O)CCCc2nc(C(C)(C)C)no2)CC1. The first kappa shape index (κ1) is 17.9. The third-order valence-electron chi connectivity index (χ3n) is 4.38. The van der Waals surface area contributed by atoms with Crippen LogP contribution in [0.3, 0.4) is 0 Å². The summed E-state index contributed by atoms with van der Waals surface area (Å²) in [4.78, 5) is 18.7. The molecule has 1 saturated heterocycles. The number of hydrogen-bond acceptors (Lipinski definition) is 5. The van der Waals surface area contributed by atoms with E-state index >= 15 is 0 Å². The lowest BCUT2D eigenvalue weighted by molar-refractivity contribution is -0.132. The van der Waals surface area contributed by atoms with Crippen LogP contribution in [-0.2, 0) is 16.6 Å². The Labute approximate surface area is 139 Å². The Bertz CT molecular complexity index is 499. The van der Waals surface area contributed by atoms with E-state index in [1.807, 2.05) is 11.9 Å². The summed E-state index contributed by atoms with van der Waals surface area (Å²) in [6.45, 7) is 9.00. The van der Waals surface area contributed by atoms with Gasteiger partial charge < -0.3 is 14.7 Å². The molecule has 0 spiro atoms. The minimum absolute atomic E-state index is 0.102. The highest BCUT2D eigenvalue weighted by atomic mass is 16.5. The molecule has 2 rings (SSSR count). The van der Waals surface area contributed by atoms with E-state index in [-0.39, 0.29) is 11.3 Å². The van der Waals surface area contributed by atoms with Crippen molar-refractivity contribution in [2.45, 2.75) is 58.3 Å². The second kappa shape index (κ2) is 7.90. The van der Waals surface area contributed by atoms with Gasteiger partial charge in [0.15, 0.2) is 5.82 Å². The molecule has 6 nitrogen and oxygen atoms in total. The van der Waals surface area contributed by atoms with E-state index in [1.165, 1.54) is 0 Å². The van der Waals surface area contributed by atoms with E-state index in [4.69, 9.17) is 4.52 Å². The predicted octanol–water partition coefficient (Wildman–Crippen LogP) is 2.15. The quantitative estimate of drug-likeness (QED) is 0.869. The Kier molecular flexibility index (Phi) is 6.16. The van der Waals surface area contributed by atoms with Crippen LogP contribution in [0.5, 0.6) is 0 Å². The van der Waals surface area contributed by atoms with Crippen LogP contribution in [0.25, 0.3) is 0 Å². The molecule has 0 saturated carbocycles. The zero-order valence-corrected chi connectivity index (χ0v) is 14.9. The number of nitrogens with zero attached hydrogens (tertiary/aromatic N) is 3. The van der Waals surface area contributed by atoms with Crippen molar-refractivity contribution in [3.8, 4) is 0 Å². The fraction of sp³-hybridized carbons (Fsp3) is 0.824. The van der Waals surface area contributed by atoms with E-state index in [9.17, 15) is 4.79 Å². The summed E-state index contributed by atoms with van der Waals surface area (Å²) < 4.78 is 5.27. The van der Waals surface area contributed by atoms with Crippen LogP contribution >= 0.6 is 0 Å². The minimum Gasteiger partial charge on any atom is -0.343 e. The maximum Gasteiger partial charge on any atom is 0.226 e. The van der Waals surface area contributed by atoms with Crippen molar-refractivity contribution in [1.29, 1.82) is 0 Å². The van der Waals surface area contributed by atoms with Crippen molar-refractivity contribution < 1.29 is 9.32 Å². The molecule has 6 heteroatoms. The van der Waals surface area contributed by atoms with Gasteiger partial charge in [-0.05, 0) is 38.8 Å². The minimum atomic E-state index is -0.102. The van der Waals surface area contributed by atoms with Gasteiger partial charge in [0.05, 0.1) is 0 Å². The average molecular weight is 322 g/mol. The zero-order valence-electron chi connectivity index (χ0n) is 14.9. The van der Waals surface area contributed by atoms with E-state index in [0.717, 1.165) is 44.7 Å². The van der Waals surface area contributed by atoms with Crippen molar-refractivity contribution in [1.82, 2.24) is 20.4 Å². The van der Waals surface area contributed by atoms with E-state index in [1.54, 1.807) is 0 Å². The van der Waals surface area contributed by atoms with Gasteiger partial charge in [-0.1, -0.05) is 25.9 Å². The Morgan fingerprint density at radius 3 is 2.61 bits per heavy atom. The monoisotopic (exact) mass is 322 g/mol. The standard InChI is InChI=1S/C17H30N4O2/c1-17(2,3)16-19-14(23-20-16)6-5-7-15(22)21-10-8-13(9-11-21)12-18-4/h13,18H,5-12H2,1-4H3. The molecule has 2 heterocycles. The molecule has 1 fully saturated rings. The molecule has 1 N–H and O–H groups in total. The van der Waals surface area contributed by atoms with Crippen molar-refractivity contribution in [2.75, 3.05) is 26.7 Å². The van der Waals surface area contributed by atoms with E-state index < -0.39 is 0 Å². The third-order valence-corrected chi connectivity index (χ3v) is 4.38. The van der Waals surface area contributed by atoms with Gasteiger partial charge in [0.2, 0.25) is 11.8 Å². The van der Waals surface area contributed by atoms with E-state index in [2.05, 4.69) is 36.2 Å². The highest BCUT2D eigenvalue weighted by Gasteiger charge is 2.23. The van der Waals surface area contributed by atoms with Gasteiger partial charge in [-0.2, -0.15) is 4.98 Å². The maximum atomic E-state index is 12.3. The molecule has 23 heavy (non-hydrogen) atoms. The van der Waals surface area contributed by atoms with E-state index in [0.29, 0.717) is 24.7 Å². The summed E-state index contributed by atoms with van der Waals surface area (Å²) in [5.41, 5.74) is -0.102. The molecule has 1 amide bonds. The summed E-state index contributed by atoms with van der Waals surface area (Å²) in [7, 11) is 1.99. The number of carbonyl (C=O) groups excluding carboxylic acids is 1. The van der Waals surface area contributed by atoms with Crippen LogP contribution in [-0.4, -0.2) is 47.6 Å². The van der Waals surface area contributed by atoms with Gasteiger partial charge in [-0.3, -0.25) is 4.79 Å². The summed E-state index contributed by atoms with van der Waals surface area (Å²) >= 11 is 0. The molecule has 0 aromatic carbocycles. The number of likely N-dealkylation sites (tertiary alicyclic amines) is 1. The van der Waals surface area contributed by atoms with Gasteiger partial charge in [0.1, 0.15) is 0 Å². The smallest absolute Gasteiger partial charge is 0.226 e. The van der Waals surface area contributed by atoms with Crippen molar-refractivity contribution in [2.24, 2.45) is 5.92 Å². The van der Waals surface area contributed by atoms with Gasteiger partial charge in [0, 0.05) is 31.3 Å². The van der Waals surface area contributed by atoms with Gasteiger partial charge in [-0.15, -0.1) is 0 Å². The van der Waals surface area contributed by atoms with Gasteiger partial charge in [0.25, 0.3) is 0 Å². The highest BCUT2D eigenvalue weighted by Crippen LogP contribution is 2.20. The molecule has 1 aromatic heterocycles. The first-order valence-electron chi connectivity index (χ1n) is 8.65. The summed E-state index contributed by atoms with van der Waals surface area (Å²) in [6, 6.07) is 0. The molecule has 130 valence electrons. The maximum absolute atomic E-state index is 12.3. The summed E-state index contributed by atoms with van der Waals surface area (Å²) in [5, 5.41) is 7.23. The Balaban J connectivity index is 1.70. The molecule has 0 unspecified atom stereocenters. The van der Waals surface area contributed by atoms with Crippen LogP contribution in [0, 0.1) is 5.92 Å². The van der Waals surface area contributed by atoms with Crippen LogP contribution < -0.4 is 5.32 Å². The van der Waals surface area contributed by atoms with Gasteiger partial charge >= 0.3 is 0 Å². The zero-order chi connectivity index (χ0) is 16.9. The molecule has 0 bridgehead atoms. The molecule has 1 aromatic rings. The molecule has 0 aliphatic carbocycles. The Hall–Kier alpha value is -1.43. The lowest BCUT2D eigenvalue weighted by atomic mass is 9.96. The lowest BCUT2D eigenvalue weighted by Gasteiger charge is -2.32. The third kappa shape index (κ3) is 5.30. The fourth-order valence-electron chi connectivity index (χ4n) is 2.89. The largest absolute Gasteiger partial charge is 0.343 e. The van der Waals surface area contributed by atoms with Crippen LogP contribution in [0.4, 0.5) is 0 Å². The van der Waals surface area contributed by atoms with Crippen LogP contribution in [0.15, 0.2) is 4.52 Å². The second-order valence-electron chi connectivity index (χ2n) is 7.50.